The monoisotopic (exact) mass is 369 g/mol. The smallest absolute Gasteiger partial charge is 0.272 e. The Balaban J connectivity index is 1.41. The van der Waals surface area contributed by atoms with Crippen LogP contribution in [0.5, 0.6) is 0 Å². The minimum Gasteiger partial charge on any atom is -0.273 e. The summed E-state index contributed by atoms with van der Waals surface area (Å²) in [6.07, 6.45) is 8.23. The minimum atomic E-state index is -0.391. The van der Waals surface area contributed by atoms with Crippen molar-refractivity contribution in [2.24, 2.45) is 28.3 Å². The molecule has 0 atom stereocenters. The average molecular weight is 369 g/mol. The average Bonchev–Trinajstić information content (AvgIpc) is 2.58. The lowest BCUT2D eigenvalue weighted by atomic mass is 9.49. The third-order valence-corrected chi connectivity index (χ3v) is 6.87. The van der Waals surface area contributed by atoms with Crippen molar-refractivity contribution < 1.29 is 9.72 Å². The molecule has 0 spiro atoms. The Morgan fingerprint density at radius 1 is 1.22 bits per heavy atom. The van der Waals surface area contributed by atoms with Gasteiger partial charge in [-0.1, -0.05) is 12.1 Å². The van der Waals surface area contributed by atoms with E-state index in [-0.39, 0.29) is 17.0 Å². The summed E-state index contributed by atoms with van der Waals surface area (Å²) in [5.74, 6) is 2.44. The van der Waals surface area contributed by atoms with Crippen molar-refractivity contribution in [3.05, 3.63) is 39.4 Å². The van der Waals surface area contributed by atoms with Crippen LogP contribution in [0, 0.1) is 40.2 Å². The molecular formula is C21H27N3O3. The Labute approximate surface area is 159 Å². The highest BCUT2D eigenvalue weighted by molar-refractivity contribution is 5.99. The third kappa shape index (κ3) is 3.62. The molecule has 144 valence electrons. The van der Waals surface area contributed by atoms with Gasteiger partial charge in [0.2, 0.25) is 5.91 Å². The zero-order valence-electron chi connectivity index (χ0n) is 16.0. The molecule has 6 nitrogen and oxygen atoms in total. The van der Waals surface area contributed by atoms with Gasteiger partial charge in [-0.25, -0.2) is 5.43 Å². The van der Waals surface area contributed by atoms with E-state index in [0.29, 0.717) is 23.3 Å². The van der Waals surface area contributed by atoms with Crippen LogP contribution in [-0.4, -0.2) is 16.5 Å². The molecule has 4 fully saturated rings. The highest BCUT2D eigenvalue weighted by Gasteiger charge is 2.51. The molecule has 0 saturated heterocycles. The van der Waals surface area contributed by atoms with Gasteiger partial charge in [-0.3, -0.25) is 14.9 Å². The van der Waals surface area contributed by atoms with Crippen LogP contribution < -0.4 is 5.43 Å². The van der Waals surface area contributed by atoms with E-state index in [0.717, 1.165) is 17.8 Å². The first-order valence-corrected chi connectivity index (χ1v) is 9.92. The second-order valence-corrected chi connectivity index (χ2v) is 9.08. The predicted molar refractivity (Wildman–Crippen MR) is 103 cm³/mol. The molecule has 1 N–H and O–H groups in total. The topological polar surface area (TPSA) is 84.6 Å². The van der Waals surface area contributed by atoms with Crippen LogP contribution in [0.25, 0.3) is 0 Å². The Bertz CT molecular complexity index is 780. The van der Waals surface area contributed by atoms with Gasteiger partial charge in [0.25, 0.3) is 5.69 Å². The summed E-state index contributed by atoms with van der Waals surface area (Å²) in [5, 5.41) is 15.3. The van der Waals surface area contributed by atoms with Crippen molar-refractivity contribution in [2.45, 2.75) is 58.8 Å². The van der Waals surface area contributed by atoms with Gasteiger partial charge in [0.1, 0.15) is 0 Å². The van der Waals surface area contributed by atoms with E-state index in [1.54, 1.807) is 26.0 Å². The number of benzene rings is 1. The van der Waals surface area contributed by atoms with Crippen LogP contribution in [0.3, 0.4) is 0 Å². The summed E-state index contributed by atoms with van der Waals surface area (Å²) in [7, 11) is 0. The van der Waals surface area contributed by atoms with Gasteiger partial charge >= 0.3 is 0 Å². The van der Waals surface area contributed by atoms with Gasteiger partial charge in [-0.2, -0.15) is 5.10 Å². The number of nitrogens with one attached hydrogen (secondary N) is 1. The lowest BCUT2D eigenvalue weighted by Crippen LogP contribution is -2.47. The third-order valence-electron chi connectivity index (χ3n) is 6.87. The van der Waals surface area contributed by atoms with Crippen molar-refractivity contribution in [2.75, 3.05) is 0 Å². The molecule has 0 aliphatic heterocycles. The molecule has 0 heterocycles. The zero-order chi connectivity index (χ0) is 19.2. The lowest BCUT2D eigenvalue weighted by molar-refractivity contribution is -0.385. The van der Waals surface area contributed by atoms with E-state index in [1.807, 2.05) is 0 Å². The number of hydrogen-bond acceptors (Lipinski definition) is 4. The number of hydrazone groups is 1. The highest BCUT2D eigenvalue weighted by atomic mass is 16.6. The Kier molecular flexibility index (Phi) is 4.52. The van der Waals surface area contributed by atoms with Crippen LogP contribution >= 0.6 is 0 Å². The van der Waals surface area contributed by atoms with Crippen molar-refractivity contribution in [1.29, 1.82) is 0 Å². The molecule has 1 amide bonds. The van der Waals surface area contributed by atoms with Crippen LogP contribution in [0.4, 0.5) is 5.69 Å². The number of carbonyl (C=O) groups is 1. The van der Waals surface area contributed by atoms with E-state index < -0.39 is 4.92 Å². The maximum absolute atomic E-state index is 12.6. The van der Waals surface area contributed by atoms with Crippen molar-refractivity contribution in [3.63, 3.8) is 0 Å². The standard InChI is InChI=1S/C21H27N3O3/c1-13-3-4-18(8-19(13)24(26)27)14(2)22-23-20(25)12-21-9-15-5-16(10-21)7-17(6-15)11-21/h3-4,8,15-17H,5-7,9-12H2,1-2H3,(H,23,25)/b22-14-. The first-order chi connectivity index (χ1) is 12.8. The van der Waals surface area contributed by atoms with E-state index in [1.165, 1.54) is 44.6 Å². The molecule has 1 aromatic rings. The Morgan fingerprint density at radius 2 is 1.81 bits per heavy atom. The largest absolute Gasteiger partial charge is 0.273 e. The summed E-state index contributed by atoms with van der Waals surface area (Å²) in [5.41, 5.74) is 4.80. The van der Waals surface area contributed by atoms with E-state index >= 15 is 0 Å². The molecule has 6 heteroatoms. The maximum Gasteiger partial charge on any atom is 0.272 e. The molecule has 4 aliphatic rings. The molecule has 4 saturated carbocycles. The normalized spacial score (nSPS) is 31.8. The first-order valence-electron chi connectivity index (χ1n) is 9.92. The fourth-order valence-corrected chi connectivity index (χ4v) is 6.13. The number of nitro benzene ring substituents is 1. The summed E-state index contributed by atoms with van der Waals surface area (Å²) >= 11 is 0. The summed E-state index contributed by atoms with van der Waals surface area (Å²) in [6, 6.07) is 5.02. The van der Waals surface area contributed by atoms with Gasteiger partial charge in [0, 0.05) is 23.6 Å². The first kappa shape index (κ1) is 18.1. The van der Waals surface area contributed by atoms with Gasteiger partial charge < -0.3 is 0 Å². The number of rotatable bonds is 5. The highest BCUT2D eigenvalue weighted by Crippen LogP contribution is 2.61. The maximum atomic E-state index is 12.6. The van der Waals surface area contributed by atoms with Gasteiger partial charge in [0.05, 0.1) is 10.6 Å². The molecule has 1 aromatic carbocycles. The van der Waals surface area contributed by atoms with Crippen LogP contribution in [0.2, 0.25) is 0 Å². The zero-order valence-corrected chi connectivity index (χ0v) is 16.0. The second kappa shape index (κ2) is 6.73. The molecule has 4 bridgehead atoms. The molecule has 0 radical (unpaired) electrons. The van der Waals surface area contributed by atoms with Crippen molar-refractivity contribution >= 4 is 17.3 Å². The second-order valence-electron chi connectivity index (χ2n) is 9.08. The molecule has 27 heavy (non-hydrogen) atoms. The van der Waals surface area contributed by atoms with Crippen molar-refractivity contribution in [3.8, 4) is 0 Å². The fraction of sp³-hybridized carbons (Fsp3) is 0.619. The Morgan fingerprint density at radius 3 is 2.37 bits per heavy atom. The van der Waals surface area contributed by atoms with Gasteiger partial charge in [0.15, 0.2) is 0 Å². The molecule has 0 unspecified atom stereocenters. The van der Waals surface area contributed by atoms with E-state index in [9.17, 15) is 14.9 Å². The number of amides is 1. The molecule has 0 aromatic heterocycles. The number of nitro groups is 1. The summed E-state index contributed by atoms with van der Waals surface area (Å²) < 4.78 is 0. The van der Waals surface area contributed by atoms with Crippen LogP contribution in [0.15, 0.2) is 23.3 Å². The Hall–Kier alpha value is -2.24. The summed E-state index contributed by atoms with van der Waals surface area (Å²) in [4.78, 5) is 23.3. The molecule has 4 aliphatic carbocycles. The minimum absolute atomic E-state index is 0.0297. The summed E-state index contributed by atoms with van der Waals surface area (Å²) in [6.45, 7) is 3.47. The van der Waals surface area contributed by atoms with Gasteiger partial charge in [-0.15, -0.1) is 0 Å². The van der Waals surface area contributed by atoms with E-state index in [4.69, 9.17) is 0 Å². The SMILES string of the molecule is C/C(=N/NC(=O)CC12CC3CC(CC(C3)C1)C2)c1ccc(C)c([N+](=O)[O-])c1. The van der Waals surface area contributed by atoms with Crippen molar-refractivity contribution in [1.82, 2.24) is 5.43 Å². The lowest BCUT2D eigenvalue weighted by Gasteiger charge is -2.56. The number of nitrogens with zero attached hydrogens (tertiary/aromatic N) is 2. The van der Waals surface area contributed by atoms with Crippen LogP contribution in [0.1, 0.15) is 63.0 Å². The van der Waals surface area contributed by atoms with E-state index in [2.05, 4.69) is 10.5 Å². The molecule has 5 rings (SSSR count). The number of hydrogen-bond donors (Lipinski definition) is 1. The number of carbonyl (C=O) groups excluding carboxylic acids is 1. The quantitative estimate of drug-likeness (QED) is 0.476. The fourth-order valence-electron chi connectivity index (χ4n) is 6.13. The van der Waals surface area contributed by atoms with Gasteiger partial charge in [-0.05, 0) is 75.5 Å². The van der Waals surface area contributed by atoms with Crippen LogP contribution in [-0.2, 0) is 4.79 Å². The number of aryl methyl sites for hydroxylation is 1. The predicted octanol–water partition coefficient (Wildman–Crippen LogP) is 4.35. The molecular weight excluding hydrogens is 342 g/mol.